The van der Waals surface area contributed by atoms with Gasteiger partial charge >= 0.3 is 6.18 Å². The van der Waals surface area contributed by atoms with Crippen molar-refractivity contribution in [1.29, 1.82) is 0 Å². The van der Waals surface area contributed by atoms with Crippen molar-refractivity contribution in [2.45, 2.75) is 12.7 Å². The topological polar surface area (TPSA) is 70.6 Å². The molecule has 0 aliphatic carbocycles. The Morgan fingerprint density at radius 3 is 2.19 bits per heavy atom. The summed E-state index contributed by atoms with van der Waals surface area (Å²) in [6, 6.07) is 6.29. The van der Waals surface area contributed by atoms with Crippen molar-refractivity contribution in [3.8, 4) is 0 Å². The molecule has 2 N–H and O–H groups in total. The maximum absolute atomic E-state index is 13.0. The smallest absolute Gasteiger partial charge is 0.370 e. The normalized spacial score (nSPS) is 15.9. The Morgan fingerprint density at radius 1 is 1.04 bits per heavy atom. The summed E-state index contributed by atoms with van der Waals surface area (Å²) in [5, 5.41) is 0. The Balaban J connectivity index is 1.54. The van der Waals surface area contributed by atoms with Gasteiger partial charge < -0.3 is 15.5 Å². The minimum atomic E-state index is -4.47. The Kier molecular flexibility index (Phi) is 5.43. The van der Waals surface area contributed by atoms with E-state index in [1.807, 2.05) is 4.90 Å². The number of alkyl halides is 3. The molecule has 0 bridgehead atoms. The summed E-state index contributed by atoms with van der Waals surface area (Å²) in [4.78, 5) is 15.5. The quantitative estimate of drug-likeness (QED) is 0.501. The second-order valence-electron chi connectivity index (χ2n) is 6.01. The van der Waals surface area contributed by atoms with E-state index >= 15 is 0 Å². The molecule has 27 heavy (non-hydrogen) atoms. The van der Waals surface area contributed by atoms with Gasteiger partial charge in [-0.05, 0) is 24.3 Å². The first-order valence-corrected chi connectivity index (χ1v) is 8.26. The average molecular weight is 382 g/mol. The molecule has 10 heteroatoms. The van der Waals surface area contributed by atoms with Crippen molar-refractivity contribution in [2.75, 3.05) is 31.1 Å². The van der Waals surface area contributed by atoms with Gasteiger partial charge in [0.1, 0.15) is 18.2 Å². The van der Waals surface area contributed by atoms with Crippen LogP contribution in [0.1, 0.15) is 11.4 Å². The molecule has 1 aromatic carbocycles. The number of aliphatic imine (C=N–C) groups is 1. The number of hydrogen-bond acceptors (Lipinski definition) is 4. The van der Waals surface area contributed by atoms with Gasteiger partial charge in [0, 0.05) is 44.3 Å². The van der Waals surface area contributed by atoms with E-state index in [1.165, 1.54) is 12.1 Å². The van der Waals surface area contributed by atoms with Crippen LogP contribution in [-0.2, 0) is 12.7 Å². The van der Waals surface area contributed by atoms with Crippen LogP contribution in [0.5, 0.6) is 0 Å². The number of hydrogen-bond donors (Lipinski definition) is 1. The summed E-state index contributed by atoms with van der Waals surface area (Å²) in [5.41, 5.74) is 6.00. The fraction of sp³-hybridized carbons (Fsp3) is 0.353. The highest BCUT2D eigenvalue weighted by molar-refractivity contribution is 5.78. The lowest BCUT2D eigenvalue weighted by Gasteiger charge is -2.36. The highest BCUT2D eigenvalue weighted by Gasteiger charge is 2.31. The first-order valence-electron chi connectivity index (χ1n) is 8.26. The largest absolute Gasteiger partial charge is 0.419 e. The Labute approximate surface area is 153 Å². The van der Waals surface area contributed by atoms with E-state index in [9.17, 15) is 17.6 Å². The van der Waals surface area contributed by atoms with Gasteiger partial charge in [-0.1, -0.05) is 0 Å². The maximum atomic E-state index is 13.0. The lowest BCUT2D eigenvalue weighted by molar-refractivity contribution is -0.138. The van der Waals surface area contributed by atoms with Crippen LogP contribution in [0.2, 0.25) is 0 Å². The van der Waals surface area contributed by atoms with Gasteiger partial charge in [0.15, 0.2) is 5.96 Å². The van der Waals surface area contributed by atoms with E-state index < -0.39 is 11.7 Å². The number of benzene rings is 1. The van der Waals surface area contributed by atoms with E-state index in [4.69, 9.17) is 5.73 Å². The fourth-order valence-corrected chi connectivity index (χ4v) is 2.68. The Hall–Kier alpha value is -2.91. The van der Waals surface area contributed by atoms with Crippen molar-refractivity contribution in [3.63, 3.8) is 0 Å². The highest BCUT2D eigenvalue weighted by atomic mass is 19.4. The standard InChI is InChI=1S/C17H18F4N6/c18-13-1-3-14(4-2-13)26-5-7-27(8-6-26)16(22)25-11-15-23-9-12(10-24-15)17(19,20)21/h1-4,9-10H,5-8,11H2,(H2,22,25). The van der Waals surface area contributed by atoms with E-state index in [1.54, 1.807) is 12.1 Å². The first-order chi connectivity index (χ1) is 12.8. The molecule has 144 valence electrons. The molecule has 3 rings (SSSR count). The van der Waals surface area contributed by atoms with E-state index in [2.05, 4.69) is 19.9 Å². The molecule has 6 nitrogen and oxygen atoms in total. The molecule has 0 radical (unpaired) electrons. The number of piperazine rings is 1. The number of guanidine groups is 1. The zero-order valence-electron chi connectivity index (χ0n) is 14.3. The molecule has 0 spiro atoms. The van der Waals surface area contributed by atoms with Crippen molar-refractivity contribution in [3.05, 3.63) is 53.9 Å². The van der Waals surface area contributed by atoms with Gasteiger partial charge in [0.25, 0.3) is 0 Å². The van der Waals surface area contributed by atoms with E-state index in [0.717, 1.165) is 18.1 Å². The molecule has 2 heterocycles. The van der Waals surface area contributed by atoms with Crippen LogP contribution < -0.4 is 10.6 Å². The summed E-state index contributed by atoms with van der Waals surface area (Å²) in [6.07, 6.45) is -3.00. The Morgan fingerprint density at radius 2 is 1.63 bits per heavy atom. The minimum Gasteiger partial charge on any atom is -0.370 e. The van der Waals surface area contributed by atoms with Gasteiger partial charge in [-0.25, -0.2) is 19.4 Å². The summed E-state index contributed by atoms with van der Waals surface area (Å²) >= 11 is 0. The predicted octanol–water partition coefficient (Wildman–Crippen LogP) is 2.27. The second-order valence-corrected chi connectivity index (χ2v) is 6.01. The molecule has 1 aromatic heterocycles. The zero-order valence-corrected chi connectivity index (χ0v) is 14.3. The monoisotopic (exact) mass is 382 g/mol. The van der Waals surface area contributed by atoms with Crippen LogP contribution in [0.25, 0.3) is 0 Å². The molecular weight excluding hydrogens is 364 g/mol. The van der Waals surface area contributed by atoms with Crippen LogP contribution in [0, 0.1) is 5.82 Å². The molecule has 0 saturated carbocycles. The lowest BCUT2D eigenvalue weighted by Crippen LogP contribution is -2.51. The van der Waals surface area contributed by atoms with Crippen LogP contribution in [-0.4, -0.2) is 47.0 Å². The SMILES string of the molecule is NC(=NCc1ncc(C(F)(F)F)cn1)N1CCN(c2ccc(F)cc2)CC1. The fourth-order valence-electron chi connectivity index (χ4n) is 2.68. The van der Waals surface area contributed by atoms with Crippen LogP contribution in [0.15, 0.2) is 41.7 Å². The van der Waals surface area contributed by atoms with Gasteiger partial charge in [-0.15, -0.1) is 0 Å². The number of rotatable bonds is 3. The van der Waals surface area contributed by atoms with Gasteiger partial charge in [-0.3, -0.25) is 0 Å². The molecule has 0 atom stereocenters. The van der Waals surface area contributed by atoms with Crippen LogP contribution in [0.3, 0.4) is 0 Å². The molecule has 1 fully saturated rings. The third kappa shape index (κ3) is 4.83. The third-order valence-corrected chi connectivity index (χ3v) is 4.21. The van der Waals surface area contributed by atoms with Gasteiger partial charge in [0.2, 0.25) is 0 Å². The maximum Gasteiger partial charge on any atom is 0.419 e. The molecule has 0 amide bonds. The Bertz CT molecular complexity index is 781. The van der Waals surface area contributed by atoms with E-state index in [-0.39, 0.29) is 24.1 Å². The minimum absolute atomic E-state index is 0.00213. The summed E-state index contributed by atoms with van der Waals surface area (Å²) in [6.45, 7) is 2.64. The van der Waals surface area contributed by atoms with Crippen molar-refractivity contribution >= 4 is 11.6 Å². The molecule has 1 aliphatic rings. The second kappa shape index (κ2) is 7.77. The van der Waals surface area contributed by atoms with Crippen molar-refractivity contribution in [2.24, 2.45) is 10.7 Å². The average Bonchev–Trinajstić information content (AvgIpc) is 2.66. The third-order valence-electron chi connectivity index (χ3n) is 4.21. The predicted molar refractivity (Wildman–Crippen MR) is 92.5 cm³/mol. The number of anilines is 1. The highest BCUT2D eigenvalue weighted by Crippen LogP contribution is 2.27. The molecular formula is C17H18F4N6. The summed E-state index contributed by atoms with van der Waals surface area (Å²) < 4.78 is 50.5. The van der Waals surface area contributed by atoms with Crippen LogP contribution >= 0.6 is 0 Å². The van der Waals surface area contributed by atoms with Crippen LogP contribution in [0.4, 0.5) is 23.2 Å². The van der Waals surface area contributed by atoms with Gasteiger partial charge in [0.05, 0.1) is 5.56 Å². The molecule has 1 saturated heterocycles. The van der Waals surface area contributed by atoms with Crippen molar-refractivity contribution in [1.82, 2.24) is 14.9 Å². The first kappa shape index (κ1) is 18.9. The summed E-state index contributed by atoms with van der Waals surface area (Å²) in [5.74, 6) is 0.174. The van der Waals surface area contributed by atoms with Crippen molar-refractivity contribution < 1.29 is 17.6 Å². The zero-order chi connectivity index (χ0) is 19.4. The van der Waals surface area contributed by atoms with E-state index in [0.29, 0.717) is 26.2 Å². The number of nitrogens with zero attached hydrogens (tertiary/aromatic N) is 5. The molecule has 0 unspecified atom stereocenters. The number of halogens is 4. The summed E-state index contributed by atoms with van der Waals surface area (Å²) in [7, 11) is 0. The van der Waals surface area contributed by atoms with Gasteiger partial charge in [-0.2, -0.15) is 13.2 Å². The lowest BCUT2D eigenvalue weighted by atomic mass is 10.2. The molecule has 1 aliphatic heterocycles. The number of nitrogens with two attached hydrogens (primary N) is 1. The molecule has 2 aromatic rings. The number of aromatic nitrogens is 2.